The van der Waals surface area contributed by atoms with Gasteiger partial charge >= 0.3 is 0 Å². The zero-order valence-electron chi connectivity index (χ0n) is 8.57. The van der Waals surface area contributed by atoms with E-state index >= 15 is 0 Å². The van der Waals surface area contributed by atoms with Crippen LogP contribution in [0.25, 0.3) is 0 Å². The minimum absolute atomic E-state index is 0.177. The van der Waals surface area contributed by atoms with Crippen molar-refractivity contribution in [3.05, 3.63) is 35.9 Å². The predicted octanol–water partition coefficient (Wildman–Crippen LogP) is 3.19. The molecule has 1 N–H and O–H groups in total. The SMILES string of the molecule is COC(CCCC=N)c1ccccc1. The van der Waals surface area contributed by atoms with Crippen molar-refractivity contribution in [1.29, 1.82) is 5.41 Å². The van der Waals surface area contributed by atoms with Crippen LogP contribution in [0.5, 0.6) is 0 Å². The maximum atomic E-state index is 6.94. The van der Waals surface area contributed by atoms with E-state index in [1.165, 1.54) is 11.8 Å². The summed E-state index contributed by atoms with van der Waals surface area (Å²) >= 11 is 0. The monoisotopic (exact) mass is 191 g/mol. The summed E-state index contributed by atoms with van der Waals surface area (Å²) in [4.78, 5) is 0. The number of benzene rings is 1. The van der Waals surface area contributed by atoms with Crippen LogP contribution in [-0.2, 0) is 4.74 Å². The molecule has 1 unspecified atom stereocenters. The van der Waals surface area contributed by atoms with E-state index in [0.29, 0.717) is 0 Å². The van der Waals surface area contributed by atoms with Crippen molar-refractivity contribution in [2.24, 2.45) is 0 Å². The number of rotatable bonds is 6. The van der Waals surface area contributed by atoms with Crippen LogP contribution in [0.15, 0.2) is 30.3 Å². The van der Waals surface area contributed by atoms with Gasteiger partial charge < -0.3 is 10.1 Å². The van der Waals surface area contributed by atoms with Gasteiger partial charge in [-0.1, -0.05) is 30.3 Å². The Balaban J connectivity index is 2.50. The lowest BCUT2D eigenvalue weighted by molar-refractivity contribution is 0.0944. The van der Waals surface area contributed by atoms with Crippen LogP contribution in [0, 0.1) is 5.41 Å². The van der Waals surface area contributed by atoms with E-state index < -0.39 is 0 Å². The van der Waals surface area contributed by atoms with Crippen molar-refractivity contribution in [1.82, 2.24) is 0 Å². The molecule has 0 saturated carbocycles. The van der Waals surface area contributed by atoms with Crippen molar-refractivity contribution >= 4 is 6.21 Å². The van der Waals surface area contributed by atoms with Crippen molar-refractivity contribution in [3.63, 3.8) is 0 Å². The Morgan fingerprint density at radius 3 is 2.64 bits per heavy atom. The standard InChI is InChI=1S/C12H17NO/c1-14-12(9-5-6-10-13)11-7-3-2-4-8-11/h2-4,7-8,10,12-13H,5-6,9H2,1H3. The molecule has 0 amide bonds. The highest BCUT2D eigenvalue weighted by atomic mass is 16.5. The molecule has 1 aromatic carbocycles. The lowest BCUT2D eigenvalue weighted by Crippen LogP contribution is -2.01. The summed E-state index contributed by atoms with van der Waals surface area (Å²) in [5, 5.41) is 6.94. The second kappa shape index (κ2) is 6.33. The number of nitrogens with one attached hydrogen (secondary N) is 1. The van der Waals surface area contributed by atoms with Crippen LogP contribution in [0.4, 0.5) is 0 Å². The van der Waals surface area contributed by atoms with Gasteiger partial charge in [-0.25, -0.2) is 0 Å². The third-order valence-electron chi connectivity index (χ3n) is 2.27. The summed E-state index contributed by atoms with van der Waals surface area (Å²) in [6.45, 7) is 0. The summed E-state index contributed by atoms with van der Waals surface area (Å²) < 4.78 is 5.41. The average Bonchev–Trinajstić information content (AvgIpc) is 2.26. The van der Waals surface area contributed by atoms with Gasteiger partial charge in [-0.15, -0.1) is 0 Å². The van der Waals surface area contributed by atoms with Crippen LogP contribution in [0.3, 0.4) is 0 Å². The van der Waals surface area contributed by atoms with Gasteiger partial charge in [0.1, 0.15) is 0 Å². The quantitative estimate of drug-likeness (QED) is 0.543. The molecular formula is C12H17NO. The first-order valence-electron chi connectivity index (χ1n) is 4.95. The van der Waals surface area contributed by atoms with Gasteiger partial charge in [-0.2, -0.15) is 0 Å². The van der Waals surface area contributed by atoms with Gasteiger partial charge in [-0.3, -0.25) is 0 Å². The fraction of sp³-hybridized carbons (Fsp3) is 0.417. The first-order valence-corrected chi connectivity index (χ1v) is 4.95. The number of ether oxygens (including phenoxy) is 1. The zero-order chi connectivity index (χ0) is 10.2. The molecule has 76 valence electrons. The zero-order valence-corrected chi connectivity index (χ0v) is 8.57. The Hall–Kier alpha value is -1.15. The molecule has 0 radical (unpaired) electrons. The molecule has 2 heteroatoms. The first kappa shape index (κ1) is 10.9. The predicted molar refractivity (Wildman–Crippen MR) is 58.8 cm³/mol. The molecule has 0 aliphatic heterocycles. The molecule has 0 spiro atoms. The van der Waals surface area contributed by atoms with Crippen LogP contribution < -0.4 is 0 Å². The van der Waals surface area contributed by atoms with Gasteiger partial charge in [0.2, 0.25) is 0 Å². The van der Waals surface area contributed by atoms with Crippen molar-refractivity contribution < 1.29 is 4.74 Å². The number of hydrogen-bond donors (Lipinski definition) is 1. The number of methoxy groups -OCH3 is 1. The molecule has 0 aliphatic carbocycles. The Bertz CT molecular complexity index is 258. The Labute approximate surface area is 85.4 Å². The summed E-state index contributed by atoms with van der Waals surface area (Å²) in [5.41, 5.74) is 1.22. The maximum Gasteiger partial charge on any atom is 0.0821 e. The molecule has 0 aromatic heterocycles. The largest absolute Gasteiger partial charge is 0.377 e. The molecular weight excluding hydrogens is 174 g/mol. The second-order valence-electron chi connectivity index (χ2n) is 3.27. The third-order valence-corrected chi connectivity index (χ3v) is 2.27. The topological polar surface area (TPSA) is 33.1 Å². The summed E-state index contributed by atoms with van der Waals surface area (Å²) in [5.74, 6) is 0. The summed E-state index contributed by atoms with van der Waals surface area (Å²) in [6.07, 6.45) is 4.47. The molecule has 1 rings (SSSR count). The summed E-state index contributed by atoms with van der Waals surface area (Å²) in [6, 6.07) is 10.2. The van der Waals surface area contributed by atoms with E-state index in [2.05, 4.69) is 12.1 Å². The van der Waals surface area contributed by atoms with Crippen LogP contribution in [-0.4, -0.2) is 13.3 Å². The van der Waals surface area contributed by atoms with Crippen LogP contribution in [0.1, 0.15) is 30.9 Å². The molecule has 0 heterocycles. The molecule has 0 fully saturated rings. The van der Waals surface area contributed by atoms with Crippen LogP contribution in [0.2, 0.25) is 0 Å². The van der Waals surface area contributed by atoms with Gasteiger partial charge in [0.15, 0.2) is 0 Å². The fourth-order valence-corrected chi connectivity index (χ4v) is 1.49. The van der Waals surface area contributed by atoms with E-state index in [1.54, 1.807) is 7.11 Å². The molecule has 14 heavy (non-hydrogen) atoms. The lowest BCUT2D eigenvalue weighted by Gasteiger charge is -2.14. The molecule has 2 nitrogen and oxygen atoms in total. The van der Waals surface area contributed by atoms with Crippen molar-refractivity contribution in [3.8, 4) is 0 Å². The van der Waals surface area contributed by atoms with Gasteiger partial charge in [0, 0.05) is 7.11 Å². The minimum atomic E-state index is 0.177. The molecule has 0 bridgehead atoms. The van der Waals surface area contributed by atoms with E-state index in [0.717, 1.165) is 19.3 Å². The van der Waals surface area contributed by atoms with Crippen LogP contribution >= 0.6 is 0 Å². The Morgan fingerprint density at radius 2 is 2.07 bits per heavy atom. The normalized spacial score (nSPS) is 12.4. The number of unbranched alkanes of at least 4 members (excludes halogenated alkanes) is 1. The molecule has 0 saturated heterocycles. The highest BCUT2D eigenvalue weighted by Gasteiger charge is 2.08. The third kappa shape index (κ3) is 3.30. The highest BCUT2D eigenvalue weighted by Crippen LogP contribution is 2.21. The van der Waals surface area contributed by atoms with Gasteiger partial charge in [-0.05, 0) is 31.0 Å². The molecule has 1 aromatic rings. The van der Waals surface area contributed by atoms with E-state index in [9.17, 15) is 0 Å². The van der Waals surface area contributed by atoms with Gasteiger partial charge in [0.25, 0.3) is 0 Å². The maximum absolute atomic E-state index is 6.94. The summed E-state index contributed by atoms with van der Waals surface area (Å²) in [7, 11) is 1.74. The molecule has 1 atom stereocenters. The van der Waals surface area contributed by atoms with E-state index in [1.807, 2.05) is 18.2 Å². The minimum Gasteiger partial charge on any atom is -0.377 e. The number of hydrogen-bond acceptors (Lipinski definition) is 2. The van der Waals surface area contributed by atoms with E-state index in [4.69, 9.17) is 10.1 Å². The van der Waals surface area contributed by atoms with Gasteiger partial charge in [0.05, 0.1) is 6.10 Å². The molecule has 0 aliphatic rings. The first-order chi connectivity index (χ1) is 6.88. The smallest absolute Gasteiger partial charge is 0.0821 e. The highest BCUT2D eigenvalue weighted by molar-refractivity contribution is 5.52. The van der Waals surface area contributed by atoms with Crippen molar-refractivity contribution in [2.75, 3.05) is 7.11 Å². The lowest BCUT2D eigenvalue weighted by atomic mass is 10.0. The van der Waals surface area contributed by atoms with E-state index in [-0.39, 0.29) is 6.10 Å². The average molecular weight is 191 g/mol. The second-order valence-corrected chi connectivity index (χ2v) is 3.27. The Kier molecular flexibility index (Phi) is 4.94. The van der Waals surface area contributed by atoms with Crippen molar-refractivity contribution in [2.45, 2.75) is 25.4 Å². The Morgan fingerprint density at radius 1 is 1.36 bits per heavy atom. The fourth-order valence-electron chi connectivity index (χ4n) is 1.49.